The van der Waals surface area contributed by atoms with Gasteiger partial charge in [-0.05, 0) is 52.4 Å². The zero-order valence-electron chi connectivity index (χ0n) is 10.8. The number of nitrogens with two attached hydrogens (primary N) is 1. The average molecular weight is 381 g/mol. The highest BCUT2D eigenvalue weighted by Gasteiger charge is 2.16. The van der Waals surface area contributed by atoms with Gasteiger partial charge in [-0.15, -0.1) is 0 Å². The molecule has 0 saturated heterocycles. The summed E-state index contributed by atoms with van der Waals surface area (Å²) >= 11 is 2.26. The molecule has 5 heteroatoms. The van der Waals surface area contributed by atoms with Crippen LogP contribution in [0.5, 0.6) is 0 Å². The van der Waals surface area contributed by atoms with Crippen molar-refractivity contribution < 1.29 is 5.21 Å². The van der Waals surface area contributed by atoms with Crippen molar-refractivity contribution in [3.63, 3.8) is 0 Å². The van der Waals surface area contributed by atoms with E-state index >= 15 is 0 Å². The highest BCUT2D eigenvalue weighted by Crippen LogP contribution is 2.18. The lowest BCUT2D eigenvalue weighted by atomic mass is 9.98. The molecule has 2 aromatic carbocycles. The van der Waals surface area contributed by atoms with E-state index in [4.69, 9.17) is 10.9 Å². The minimum absolute atomic E-state index is 0.166. The van der Waals surface area contributed by atoms with Gasteiger partial charge in [-0.2, -0.15) is 0 Å². The maximum absolute atomic E-state index is 8.93. The predicted molar refractivity (Wildman–Crippen MR) is 90.2 cm³/mol. The van der Waals surface area contributed by atoms with Gasteiger partial charge in [0.15, 0.2) is 0 Å². The molecule has 20 heavy (non-hydrogen) atoms. The largest absolute Gasteiger partial charge is 0.409 e. The third kappa shape index (κ3) is 3.86. The minimum Gasteiger partial charge on any atom is -0.409 e. The van der Waals surface area contributed by atoms with Crippen molar-refractivity contribution in [3.05, 3.63) is 63.7 Å². The van der Waals surface area contributed by atoms with E-state index in [2.05, 4.69) is 33.1 Å². The van der Waals surface area contributed by atoms with Gasteiger partial charge in [0.05, 0.1) is 5.92 Å². The van der Waals surface area contributed by atoms with Crippen LogP contribution < -0.4 is 11.1 Å². The van der Waals surface area contributed by atoms with E-state index in [1.807, 2.05) is 54.6 Å². The summed E-state index contributed by atoms with van der Waals surface area (Å²) in [6, 6.07) is 17.9. The molecule has 104 valence electrons. The summed E-state index contributed by atoms with van der Waals surface area (Å²) in [6.07, 6.45) is 0. The Hall–Kier alpha value is -1.76. The second-order valence-corrected chi connectivity index (χ2v) is 5.62. The smallest absolute Gasteiger partial charge is 0.148 e. The first-order valence-corrected chi connectivity index (χ1v) is 7.30. The normalized spacial score (nSPS) is 12.9. The Balaban J connectivity index is 2.11. The molecule has 0 radical (unpaired) electrons. The van der Waals surface area contributed by atoms with Crippen molar-refractivity contribution >= 4 is 34.1 Å². The Morgan fingerprint density at radius 2 is 1.80 bits per heavy atom. The fraction of sp³-hybridized carbons (Fsp3) is 0.133. The van der Waals surface area contributed by atoms with Crippen molar-refractivity contribution in [1.29, 1.82) is 0 Å². The fourth-order valence-electron chi connectivity index (χ4n) is 1.94. The van der Waals surface area contributed by atoms with Gasteiger partial charge in [0, 0.05) is 15.8 Å². The van der Waals surface area contributed by atoms with E-state index in [1.54, 1.807) is 0 Å². The maximum Gasteiger partial charge on any atom is 0.148 e. The first-order chi connectivity index (χ1) is 9.70. The van der Waals surface area contributed by atoms with Gasteiger partial charge in [0.25, 0.3) is 0 Å². The van der Waals surface area contributed by atoms with Crippen molar-refractivity contribution in [1.82, 2.24) is 0 Å². The van der Waals surface area contributed by atoms with Crippen LogP contribution in [0, 0.1) is 3.57 Å². The number of hydrogen-bond acceptors (Lipinski definition) is 3. The van der Waals surface area contributed by atoms with E-state index in [-0.39, 0.29) is 11.8 Å². The first kappa shape index (κ1) is 14.6. The zero-order valence-corrected chi connectivity index (χ0v) is 13.0. The van der Waals surface area contributed by atoms with Crippen LogP contribution in [0.25, 0.3) is 0 Å². The molecule has 2 rings (SSSR count). The van der Waals surface area contributed by atoms with E-state index in [0.29, 0.717) is 6.54 Å². The summed E-state index contributed by atoms with van der Waals surface area (Å²) < 4.78 is 1.18. The molecule has 1 unspecified atom stereocenters. The lowest BCUT2D eigenvalue weighted by molar-refractivity contribution is 0.316. The predicted octanol–water partition coefficient (Wildman–Crippen LogP) is 3.23. The van der Waals surface area contributed by atoms with Gasteiger partial charge in [-0.3, -0.25) is 0 Å². The molecule has 0 spiro atoms. The Morgan fingerprint density at radius 3 is 2.40 bits per heavy atom. The van der Waals surface area contributed by atoms with Crippen molar-refractivity contribution in [2.75, 3.05) is 11.9 Å². The average Bonchev–Trinajstić information content (AvgIpc) is 2.50. The number of nitrogens with zero attached hydrogens (tertiary/aromatic N) is 1. The molecule has 0 aliphatic carbocycles. The van der Waals surface area contributed by atoms with Crippen LogP contribution in [-0.2, 0) is 0 Å². The standard InChI is InChI=1S/C15H16IN3O/c16-12-6-8-13(9-7-12)18-10-14(15(17)19-20)11-4-2-1-3-5-11/h1-9,14,18,20H,10H2,(H2,17,19). The maximum atomic E-state index is 8.93. The molecule has 0 amide bonds. The molecule has 0 heterocycles. The summed E-state index contributed by atoms with van der Waals surface area (Å²) in [5.74, 6) is 0.0367. The molecule has 0 fully saturated rings. The van der Waals surface area contributed by atoms with Crippen LogP contribution >= 0.6 is 22.6 Å². The second kappa shape index (κ2) is 7.14. The van der Waals surface area contributed by atoms with E-state index in [1.165, 1.54) is 3.57 Å². The summed E-state index contributed by atoms with van der Waals surface area (Å²) in [7, 11) is 0. The van der Waals surface area contributed by atoms with Gasteiger partial charge in [0.2, 0.25) is 0 Å². The molecular weight excluding hydrogens is 365 g/mol. The molecule has 0 aliphatic rings. The Bertz CT molecular complexity index is 569. The van der Waals surface area contributed by atoms with Gasteiger partial charge in [0.1, 0.15) is 5.84 Å². The second-order valence-electron chi connectivity index (χ2n) is 4.38. The third-order valence-corrected chi connectivity index (χ3v) is 3.75. The van der Waals surface area contributed by atoms with Crippen molar-refractivity contribution in [2.45, 2.75) is 5.92 Å². The molecule has 4 nitrogen and oxygen atoms in total. The highest BCUT2D eigenvalue weighted by atomic mass is 127. The van der Waals surface area contributed by atoms with Crippen LogP contribution in [-0.4, -0.2) is 17.6 Å². The van der Waals surface area contributed by atoms with Gasteiger partial charge in [-0.1, -0.05) is 35.5 Å². The van der Waals surface area contributed by atoms with E-state index in [9.17, 15) is 0 Å². The summed E-state index contributed by atoms with van der Waals surface area (Å²) in [5, 5.41) is 15.4. The van der Waals surface area contributed by atoms with E-state index < -0.39 is 0 Å². The number of benzene rings is 2. The lowest BCUT2D eigenvalue weighted by Gasteiger charge is -2.17. The van der Waals surface area contributed by atoms with Crippen LogP contribution in [0.1, 0.15) is 11.5 Å². The number of nitrogens with one attached hydrogen (secondary N) is 1. The summed E-state index contributed by atoms with van der Waals surface area (Å²) in [6.45, 7) is 0.570. The summed E-state index contributed by atoms with van der Waals surface area (Å²) in [5.41, 5.74) is 7.82. The van der Waals surface area contributed by atoms with Crippen molar-refractivity contribution in [3.8, 4) is 0 Å². The SMILES string of the molecule is NC(=NO)C(CNc1ccc(I)cc1)c1ccccc1. The molecular formula is C15H16IN3O. The zero-order chi connectivity index (χ0) is 14.4. The lowest BCUT2D eigenvalue weighted by Crippen LogP contribution is -2.28. The van der Waals surface area contributed by atoms with Gasteiger partial charge in [-0.25, -0.2) is 0 Å². The number of oxime groups is 1. The van der Waals surface area contributed by atoms with Gasteiger partial charge < -0.3 is 16.3 Å². The monoisotopic (exact) mass is 381 g/mol. The minimum atomic E-state index is -0.166. The highest BCUT2D eigenvalue weighted by molar-refractivity contribution is 14.1. The Labute approximate surface area is 131 Å². The number of anilines is 1. The summed E-state index contributed by atoms with van der Waals surface area (Å²) in [4.78, 5) is 0. The first-order valence-electron chi connectivity index (χ1n) is 6.22. The molecule has 0 aromatic heterocycles. The number of halogens is 1. The Morgan fingerprint density at radius 1 is 1.15 bits per heavy atom. The van der Waals surface area contributed by atoms with Crippen molar-refractivity contribution in [2.24, 2.45) is 10.9 Å². The quantitative estimate of drug-likeness (QED) is 0.245. The molecule has 1 atom stereocenters. The number of rotatable bonds is 5. The van der Waals surface area contributed by atoms with Crippen LogP contribution in [0.2, 0.25) is 0 Å². The molecule has 2 aromatic rings. The van der Waals surface area contributed by atoms with Crippen LogP contribution in [0.3, 0.4) is 0 Å². The van der Waals surface area contributed by atoms with Gasteiger partial charge >= 0.3 is 0 Å². The molecule has 0 bridgehead atoms. The van der Waals surface area contributed by atoms with Crippen LogP contribution in [0.4, 0.5) is 5.69 Å². The molecule has 0 saturated carbocycles. The molecule has 0 aliphatic heterocycles. The van der Waals surface area contributed by atoms with E-state index in [0.717, 1.165) is 11.3 Å². The number of amidine groups is 1. The Kier molecular flexibility index (Phi) is 5.23. The topological polar surface area (TPSA) is 70.6 Å². The fourth-order valence-corrected chi connectivity index (χ4v) is 2.30. The van der Waals surface area contributed by atoms with Crippen LogP contribution in [0.15, 0.2) is 59.8 Å². The third-order valence-electron chi connectivity index (χ3n) is 3.03. The molecule has 4 N–H and O–H groups in total. The number of hydrogen-bond donors (Lipinski definition) is 3.